The number of anilines is 1. The second-order valence-corrected chi connectivity index (χ2v) is 4.28. The summed E-state index contributed by atoms with van der Waals surface area (Å²) in [7, 11) is 1.55. The fourth-order valence-electron chi connectivity index (χ4n) is 1.56. The lowest BCUT2D eigenvalue weighted by Gasteiger charge is -2.15. The van der Waals surface area contributed by atoms with E-state index in [-0.39, 0.29) is 17.3 Å². The zero-order valence-corrected chi connectivity index (χ0v) is 11.3. The highest BCUT2D eigenvalue weighted by Crippen LogP contribution is 2.17. The number of aromatic carboxylic acids is 1. The quantitative estimate of drug-likeness (QED) is 0.746. The number of carbonyl (C=O) groups is 2. The lowest BCUT2D eigenvalue weighted by Crippen LogP contribution is -2.37. The Bertz CT molecular complexity index is 493. The molecule has 3 N–H and O–H groups in total. The normalized spacial score (nSPS) is 11.8. The molecule has 0 saturated heterocycles. The van der Waals surface area contributed by atoms with Gasteiger partial charge < -0.3 is 20.5 Å². The van der Waals surface area contributed by atoms with Crippen LogP contribution in [0.1, 0.15) is 23.7 Å². The van der Waals surface area contributed by atoms with Crippen molar-refractivity contribution in [2.45, 2.75) is 19.4 Å². The summed E-state index contributed by atoms with van der Waals surface area (Å²) in [6.45, 7) is 2.27. The number of amides is 2. The predicted octanol–water partition coefficient (Wildman–Crippen LogP) is 2.07. The Morgan fingerprint density at radius 3 is 2.75 bits per heavy atom. The van der Waals surface area contributed by atoms with Gasteiger partial charge in [0.1, 0.15) is 5.82 Å². The minimum Gasteiger partial charge on any atom is -0.478 e. The van der Waals surface area contributed by atoms with E-state index in [4.69, 9.17) is 9.84 Å². The molecule has 0 aliphatic rings. The second kappa shape index (κ2) is 7.44. The average molecular weight is 284 g/mol. The van der Waals surface area contributed by atoms with Crippen LogP contribution in [-0.2, 0) is 4.74 Å². The Morgan fingerprint density at radius 1 is 1.45 bits per heavy atom. The molecule has 7 heteroatoms. The number of hydrogen-bond donors (Lipinski definition) is 3. The first-order valence-corrected chi connectivity index (χ1v) is 6.03. The van der Waals surface area contributed by atoms with Gasteiger partial charge in [0, 0.05) is 19.8 Å². The molecule has 0 aliphatic carbocycles. The summed E-state index contributed by atoms with van der Waals surface area (Å²) in [6.07, 6.45) is 0.610. The van der Waals surface area contributed by atoms with Crippen molar-refractivity contribution >= 4 is 17.7 Å². The molecule has 0 aromatic heterocycles. The highest BCUT2D eigenvalue weighted by Gasteiger charge is 2.14. The largest absolute Gasteiger partial charge is 0.478 e. The van der Waals surface area contributed by atoms with Gasteiger partial charge in [-0.1, -0.05) is 0 Å². The molecule has 0 bridgehead atoms. The van der Waals surface area contributed by atoms with Crippen LogP contribution in [-0.4, -0.2) is 36.9 Å². The standard InChI is InChI=1S/C13H17FN2O4/c1-8(5-6-20-2)15-13(19)16-11-7-9(14)3-4-10(11)12(17)18/h3-4,7-8H,5-6H2,1-2H3,(H,17,18)(H2,15,16,19). The molecule has 0 saturated carbocycles. The maximum absolute atomic E-state index is 13.1. The minimum absolute atomic E-state index is 0.0889. The van der Waals surface area contributed by atoms with Gasteiger partial charge in [0.05, 0.1) is 11.3 Å². The van der Waals surface area contributed by atoms with E-state index in [1.165, 1.54) is 0 Å². The fraction of sp³-hybridized carbons (Fsp3) is 0.385. The summed E-state index contributed by atoms with van der Waals surface area (Å²) in [6, 6.07) is 2.33. The van der Waals surface area contributed by atoms with Crippen molar-refractivity contribution in [2.24, 2.45) is 0 Å². The van der Waals surface area contributed by atoms with Crippen molar-refractivity contribution < 1.29 is 23.8 Å². The van der Waals surface area contributed by atoms with Gasteiger partial charge in [-0.3, -0.25) is 0 Å². The van der Waals surface area contributed by atoms with Crippen LogP contribution >= 0.6 is 0 Å². The van der Waals surface area contributed by atoms with Gasteiger partial charge in [0.25, 0.3) is 0 Å². The van der Waals surface area contributed by atoms with Crippen molar-refractivity contribution in [3.8, 4) is 0 Å². The van der Waals surface area contributed by atoms with Crippen molar-refractivity contribution in [1.82, 2.24) is 5.32 Å². The number of hydrogen-bond acceptors (Lipinski definition) is 3. The third-order valence-corrected chi connectivity index (χ3v) is 2.59. The Morgan fingerprint density at radius 2 is 2.15 bits per heavy atom. The van der Waals surface area contributed by atoms with Gasteiger partial charge in [-0.05, 0) is 31.5 Å². The van der Waals surface area contributed by atoms with Gasteiger partial charge in [-0.25, -0.2) is 14.0 Å². The summed E-state index contributed by atoms with van der Waals surface area (Å²) < 4.78 is 18.0. The third-order valence-electron chi connectivity index (χ3n) is 2.59. The fourth-order valence-corrected chi connectivity index (χ4v) is 1.56. The predicted molar refractivity (Wildman–Crippen MR) is 71.5 cm³/mol. The zero-order chi connectivity index (χ0) is 15.1. The summed E-state index contributed by atoms with van der Waals surface area (Å²) in [5, 5.41) is 13.9. The molecule has 2 amide bonds. The molecule has 1 aromatic carbocycles. The van der Waals surface area contributed by atoms with E-state index in [0.29, 0.717) is 13.0 Å². The van der Waals surface area contributed by atoms with Crippen molar-refractivity contribution in [1.29, 1.82) is 0 Å². The van der Waals surface area contributed by atoms with Gasteiger partial charge >= 0.3 is 12.0 Å². The van der Waals surface area contributed by atoms with Crippen LogP contribution in [0.5, 0.6) is 0 Å². The first kappa shape index (κ1) is 15.9. The molecule has 20 heavy (non-hydrogen) atoms. The summed E-state index contributed by atoms with van der Waals surface area (Å²) in [5.41, 5.74) is -0.264. The first-order valence-electron chi connectivity index (χ1n) is 6.03. The van der Waals surface area contributed by atoms with Crippen molar-refractivity contribution in [3.05, 3.63) is 29.6 Å². The summed E-state index contributed by atoms with van der Waals surface area (Å²) in [5.74, 6) is -1.87. The number of nitrogens with one attached hydrogen (secondary N) is 2. The number of benzene rings is 1. The molecule has 1 atom stereocenters. The molecule has 0 fully saturated rings. The minimum atomic E-state index is -1.24. The van der Waals surface area contributed by atoms with Crippen LogP contribution in [0.25, 0.3) is 0 Å². The Balaban J connectivity index is 2.70. The van der Waals surface area contributed by atoms with E-state index in [2.05, 4.69) is 10.6 Å². The maximum atomic E-state index is 13.1. The maximum Gasteiger partial charge on any atom is 0.337 e. The lowest BCUT2D eigenvalue weighted by atomic mass is 10.1. The van der Waals surface area contributed by atoms with Crippen LogP contribution in [0, 0.1) is 5.82 Å². The topological polar surface area (TPSA) is 87.7 Å². The van der Waals surface area contributed by atoms with E-state index in [1.807, 2.05) is 0 Å². The number of carbonyl (C=O) groups excluding carboxylic acids is 1. The summed E-state index contributed by atoms with van der Waals surface area (Å²) >= 11 is 0. The van der Waals surface area contributed by atoms with Gasteiger partial charge in [-0.2, -0.15) is 0 Å². The average Bonchev–Trinajstić information content (AvgIpc) is 2.35. The van der Waals surface area contributed by atoms with Crippen molar-refractivity contribution in [3.63, 3.8) is 0 Å². The van der Waals surface area contributed by atoms with E-state index in [9.17, 15) is 14.0 Å². The molecule has 0 heterocycles. The molecule has 1 unspecified atom stereocenters. The molecule has 6 nitrogen and oxygen atoms in total. The molecule has 0 radical (unpaired) electrons. The number of carboxylic acids is 1. The number of urea groups is 1. The van der Waals surface area contributed by atoms with Crippen LogP contribution < -0.4 is 10.6 Å². The number of halogens is 1. The number of carboxylic acid groups (broad SMARTS) is 1. The Labute approximate surface area is 115 Å². The van der Waals surface area contributed by atoms with E-state index in [1.54, 1.807) is 14.0 Å². The smallest absolute Gasteiger partial charge is 0.337 e. The molecule has 0 aliphatic heterocycles. The first-order chi connectivity index (χ1) is 9.43. The number of rotatable bonds is 6. The van der Waals surface area contributed by atoms with Gasteiger partial charge in [0.15, 0.2) is 0 Å². The van der Waals surface area contributed by atoms with Crippen LogP contribution in [0.2, 0.25) is 0 Å². The highest BCUT2D eigenvalue weighted by atomic mass is 19.1. The monoisotopic (exact) mass is 284 g/mol. The van der Waals surface area contributed by atoms with E-state index in [0.717, 1.165) is 18.2 Å². The van der Waals surface area contributed by atoms with E-state index < -0.39 is 17.8 Å². The SMILES string of the molecule is COCCC(C)NC(=O)Nc1cc(F)ccc1C(=O)O. The van der Waals surface area contributed by atoms with Crippen LogP contribution in [0.15, 0.2) is 18.2 Å². The van der Waals surface area contributed by atoms with Crippen molar-refractivity contribution in [2.75, 3.05) is 19.0 Å². The van der Waals surface area contributed by atoms with Gasteiger partial charge in [0.2, 0.25) is 0 Å². The van der Waals surface area contributed by atoms with Crippen LogP contribution in [0.3, 0.4) is 0 Å². The zero-order valence-electron chi connectivity index (χ0n) is 11.3. The van der Waals surface area contributed by atoms with Gasteiger partial charge in [-0.15, -0.1) is 0 Å². The molecule has 110 valence electrons. The molecular formula is C13H17FN2O4. The molecular weight excluding hydrogens is 267 g/mol. The second-order valence-electron chi connectivity index (χ2n) is 4.28. The molecule has 0 spiro atoms. The highest BCUT2D eigenvalue weighted by molar-refractivity contribution is 6.00. The molecule has 1 rings (SSSR count). The van der Waals surface area contributed by atoms with E-state index >= 15 is 0 Å². The van der Waals surface area contributed by atoms with Crippen LogP contribution in [0.4, 0.5) is 14.9 Å². The summed E-state index contributed by atoms with van der Waals surface area (Å²) in [4.78, 5) is 22.7. The Hall–Kier alpha value is -2.15. The lowest BCUT2D eigenvalue weighted by molar-refractivity contribution is 0.0698. The Kier molecular flexibility index (Phi) is 5.92. The number of ether oxygens (including phenoxy) is 1. The molecule has 1 aromatic rings. The number of methoxy groups -OCH3 is 1. The third kappa shape index (κ3) is 4.85.